The molecule has 0 bridgehead atoms. The van der Waals surface area contributed by atoms with Gasteiger partial charge in [-0.1, -0.05) is 55.5 Å². The van der Waals surface area contributed by atoms with Crippen molar-refractivity contribution in [3.63, 3.8) is 0 Å². The van der Waals surface area contributed by atoms with Crippen LogP contribution in [0.5, 0.6) is 5.75 Å². The fourth-order valence-electron chi connectivity index (χ4n) is 1.67. The van der Waals surface area contributed by atoms with Crippen molar-refractivity contribution in [3.05, 3.63) is 65.7 Å². The first-order valence-corrected chi connectivity index (χ1v) is 5.65. The van der Waals surface area contributed by atoms with Crippen molar-refractivity contribution < 1.29 is 25.0 Å². The molecule has 0 saturated heterocycles. The molecule has 17 heavy (non-hydrogen) atoms. The maximum atomic E-state index is 5.81. The second kappa shape index (κ2) is 7.22. The number of hydrogen-bond donors (Lipinski definition) is 0. The smallest absolute Gasteiger partial charge is 1.00 e. The topological polar surface area (TPSA) is 9.23 Å². The third kappa shape index (κ3) is 3.96. The third-order valence-corrected chi connectivity index (χ3v) is 2.59. The molecule has 2 aromatic carbocycles. The molecule has 0 aliphatic heterocycles. The van der Waals surface area contributed by atoms with E-state index >= 15 is 0 Å². The molecular formula is C15H17LiO. The van der Waals surface area contributed by atoms with Gasteiger partial charge in [-0.3, -0.25) is 0 Å². The summed E-state index contributed by atoms with van der Waals surface area (Å²) in [5, 5.41) is 0. The number of benzene rings is 2. The monoisotopic (exact) mass is 220 g/mol. The van der Waals surface area contributed by atoms with E-state index in [0.29, 0.717) is 6.61 Å². The van der Waals surface area contributed by atoms with Gasteiger partial charge < -0.3 is 6.16 Å². The summed E-state index contributed by atoms with van der Waals surface area (Å²) >= 11 is 0. The van der Waals surface area contributed by atoms with Gasteiger partial charge in [-0.2, -0.15) is 0 Å². The molecule has 0 radical (unpaired) electrons. The van der Waals surface area contributed by atoms with Crippen molar-refractivity contribution in [1.29, 1.82) is 0 Å². The fraction of sp³-hybridized carbons (Fsp3) is 0.200. The Morgan fingerprint density at radius 3 is 2.29 bits per heavy atom. The normalized spacial score (nSPS) is 9.47. The maximum absolute atomic E-state index is 5.81. The fourth-order valence-corrected chi connectivity index (χ4v) is 1.67. The summed E-state index contributed by atoms with van der Waals surface area (Å²) in [6.45, 7) is 2.78. The number of rotatable bonds is 4. The Morgan fingerprint density at radius 1 is 0.941 bits per heavy atom. The van der Waals surface area contributed by atoms with Crippen LogP contribution in [0.4, 0.5) is 0 Å². The average Bonchev–Trinajstić information content (AvgIpc) is 2.38. The standard InChI is InChI=1S/C15H16O.Li.H/c1-2-14-10-6-7-11-15(14)16-12-13-8-4-3-5-9-13;;/h3-11H,2,12H2,1H3;;/q;+1;-1. The molecule has 0 fully saturated rings. The number of para-hydroxylation sites is 1. The van der Waals surface area contributed by atoms with Crippen LogP contribution in [-0.2, 0) is 13.0 Å². The van der Waals surface area contributed by atoms with Crippen molar-refractivity contribution >= 4 is 0 Å². The first-order valence-electron chi connectivity index (χ1n) is 5.65. The summed E-state index contributed by atoms with van der Waals surface area (Å²) in [6, 6.07) is 18.4. The SMILES string of the molecule is CCc1ccccc1OCc1ccccc1.[H-].[Li+]. The van der Waals surface area contributed by atoms with Gasteiger partial charge in [0.05, 0.1) is 0 Å². The molecule has 1 nitrogen and oxygen atoms in total. The van der Waals surface area contributed by atoms with E-state index in [1.165, 1.54) is 11.1 Å². The molecule has 0 amide bonds. The first-order chi connectivity index (χ1) is 7.90. The quantitative estimate of drug-likeness (QED) is 0.697. The maximum Gasteiger partial charge on any atom is 1.00 e. The molecule has 2 aromatic rings. The predicted octanol–water partition coefficient (Wildman–Crippen LogP) is 0.944. The second-order valence-electron chi connectivity index (χ2n) is 3.74. The summed E-state index contributed by atoms with van der Waals surface area (Å²) < 4.78 is 5.81. The first kappa shape index (κ1) is 13.9. The van der Waals surface area contributed by atoms with Crippen LogP contribution >= 0.6 is 0 Å². The summed E-state index contributed by atoms with van der Waals surface area (Å²) in [5.74, 6) is 0.994. The van der Waals surface area contributed by atoms with E-state index in [4.69, 9.17) is 4.74 Å². The van der Waals surface area contributed by atoms with E-state index in [2.05, 4.69) is 25.1 Å². The predicted molar refractivity (Wildman–Crippen MR) is 67.7 cm³/mol. The van der Waals surface area contributed by atoms with E-state index in [1.807, 2.05) is 36.4 Å². The molecule has 0 heterocycles. The van der Waals surface area contributed by atoms with Crippen LogP contribution in [0.25, 0.3) is 0 Å². The Labute approximate surface area is 116 Å². The van der Waals surface area contributed by atoms with Crippen LogP contribution in [0.3, 0.4) is 0 Å². The molecular weight excluding hydrogens is 203 g/mol. The van der Waals surface area contributed by atoms with E-state index in [1.54, 1.807) is 0 Å². The number of aryl methyl sites for hydroxylation is 1. The number of ether oxygens (including phenoxy) is 1. The zero-order valence-corrected chi connectivity index (χ0v) is 10.5. The van der Waals surface area contributed by atoms with Crippen LogP contribution in [0.15, 0.2) is 54.6 Å². The van der Waals surface area contributed by atoms with E-state index in [9.17, 15) is 0 Å². The average molecular weight is 220 g/mol. The molecule has 0 N–H and O–H groups in total. The zero-order valence-electron chi connectivity index (χ0n) is 11.5. The molecule has 2 heteroatoms. The summed E-state index contributed by atoms with van der Waals surface area (Å²) in [6.07, 6.45) is 1.00. The van der Waals surface area contributed by atoms with Gasteiger partial charge in [-0.05, 0) is 23.6 Å². The van der Waals surface area contributed by atoms with Crippen molar-refractivity contribution in [3.8, 4) is 5.75 Å². The van der Waals surface area contributed by atoms with Crippen LogP contribution < -0.4 is 23.6 Å². The van der Waals surface area contributed by atoms with Crippen LogP contribution in [0.2, 0.25) is 0 Å². The molecule has 0 unspecified atom stereocenters. The minimum atomic E-state index is 0. The van der Waals surface area contributed by atoms with Gasteiger partial charge in [0.2, 0.25) is 0 Å². The van der Waals surface area contributed by atoms with Gasteiger partial charge in [0.1, 0.15) is 12.4 Å². The largest absolute Gasteiger partial charge is 1.00 e. The Hall–Kier alpha value is -1.16. The second-order valence-corrected chi connectivity index (χ2v) is 3.74. The molecule has 84 valence electrons. The summed E-state index contributed by atoms with van der Waals surface area (Å²) in [5.41, 5.74) is 2.46. The van der Waals surface area contributed by atoms with Crippen LogP contribution in [-0.4, -0.2) is 0 Å². The summed E-state index contributed by atoms with van der Waals surface area (Å²) in [7, 11) is 0. The summed E-state index contributed by atoms with van der Waals surface area (Å²) in [4.78, 5) is 0. The van der Waals surface area contributed by atoms with Gasteiger partial charge in [0.15, 0.2) is 0 Å². The van der Waals surface area contributed by atoms with Crippen molar-refractivity contribution in [2.24, 2.45) is 0 Å². The molecule has 0 aromatic heterocycles. The minimum absolute atomic E-state index is 0. The molecule has 0 saturated carbocycles. The Kier molecular flexibility index (Phi) is 5.90. The van der Waals surface area contributed by atoms with E-state index in [0.717, 1.165) is 12.2 Å². The van der Waals surface area contributed by atoms with Crippen LogP contribution in [0.1, 0.15) is 19.5 Å². The van der Waals surface area contributed by atoms with Gasteiger partial charge in [0.25, 0.3) is 0 Å². The van der Waals surface area contributed by atoms with Crippen LogP contribution in [0, 0.1) is 0 Å². The Balaban J connectivity index is 0.00000144. The molecule has 0 aliphatic rings. The van der Waals surface area contributed by atoms with Crippen molar-refractivity contribution in [1.82, 2.24) is 0 Å². The van der Waals surface area contributed by atoms with Crippen molar-refractivity contribution in [2.45, 2.75) is 20.0 Å². The van der Waals surface area contributed by atoms with E-state index in [-0.39, 0.29) is 20.3 Å². The Bertz CT molecular complexity index is 445. The van der Waals surface area contributed by atoms with Gasteiger partial charge in [0, 0.05) is 0 Å². The third-order valence-electron chi connectivity index (χ3n) is 2.59. The minimum Gasteiger partial charge on any atom is -1.00 e. The Morgan fingerprint density at radius 2 is 1.59 bits per heavy atom. The number of hydrogen-bond acceptors (Lipinski definition) is 1. The van der Waals surface area contributed by atoms with Crippen molar-refractivity contribution in [2.75, 3.05) is 0 Å². The van der Waals surface area contributed by atoms with Gasteiger partial charge in [-0.15, -0.1) is 0 Å². The van der Waals surface area contributed by atoms with E-state index < -0.39 is 0 Å². The zero-order chi connectivity index (χ0) is 11.2. The molecule has 0 spiro atoms. The van der Waals surface area contributed by atoms with Gasteiger partial charge >= 0.3 is 18.9 Å². The molecule has 0 atom stereocenters. The molecule has 2 rings (SSSR count). The molecule has 0 aliphatic carbocycles. The van der Waals surface area contributed by atoms with Gasteiger partial charge in [-0.25, -0.2) is 0 Å².